The molecule has 0 spiro atoms. The molecule has 146 valence electrons. The lowest BCUT2D eigenvalue weighted by Crippen LogP contribution is -2.30. The van der Waals surface area contributed by atoms with Crippen molar-refractivity contribution in [3.8, 4) is 11.3 Å². The Bertz CT molecular complexity index is 904. The van der Waals surface area contributed by atoms with Gasteiger partial charge in [-0.1, -0.05) is 43.6 Å². The Morgan fingerprint density at radius 2 is 1.82 bits per heavy atom. The van der Waals surface area contributed by atoms with Crippen molar-refractivity contribution >= 4 is 23.4 Å². The summed E-state index contributed by atoms with van der Waals surface area (Å²) in [6.45, 7) is 4.62. The molecule has 0 aliphatic rings. The molecule has 0 radical (unpaired) electrons. The van der Waals surface area contributed by atoms with E-state index < -0.39 is 0 Å². The number of halogens is 1. The molecule has 3 aromatic rings. The second-order valence-corrected chi connectivity index (χ2v) is 7.23. The molecule has 0 aliphatic heterocycles. The van der Waals surface area contributed by atoms with Crippen LogP contribution in [0.2, 0.25) is 5.02 Å². The van der Waals surface area contributed by atoms with Crippen LogP contribution in [0.25, 0.3) is 11.3 Å². The van der Waals surface area contributed by atoms with E-state index in [0.29, 0.717) is 23.3 Å². The van der Waals surface area contributed by atoms with Crippen molar-refractivity contribution in [2.24, 2.45) is 5.92 Å². The molecule has 0 saturated carbocycles. The highest BCUT2D eigenvalue weighted by molar-refractivity contribution is 6.31. The van der Waals surface area contributed by atoms with Crippen LogP contribution in [0.1, 0.15) is 19.4 Å². The third-order valence-electron chi connectivity index (χ3n) is 4.44. The molecular weight excluding hydrogens is 374 g/mol. The molecule has 1 aromatic carbocycles. The number of nitrogens with one attached hydrogen (secondary N) is 2. The van der Waals surface area contributed by atoms with Gasteiger partial charge in [0, 0.05) is 35.6 Å². The van der Waals surface area contributed by atoms with Gasteiger partial charge in [-0.15, -0.1) is 0 Å². The summed E-state index contributed by atoms with van der Waals surface area (Å²) in [5.74, 6) is 1.37. The van der Waals surface area contributed by atoms with Gasteiger partial charge < -0.3 is 15.7 Å². The van der Waals surface area contributed by atoms with Crippen molar-refractivity contribution in [2.45, 2.75) is 26.4 Å². The molecule has 3 N–H and O–H groups in total. The Hall–Kier alpha value is -2.70. The van der Waals surface area contributed by atoms with E-state index in [1.54, 1.807) is 12.4 Å². The smallest absolute Gasteiger partial charge is 0.225 e. The van der Waals surface area contributed by atoms with Crippen molar-refractivity contribution in [2.75, 3.05) is 17.2 Å². The second-order valence-electron chi connectivity index (χ2n) is 6.82. The fraction of sp³-hybridized carbons (Fsp3) is 0.286. The number of hydrogen-bond acceptors (Lipinski definition) is 6. The number of hydrogen-bond donors (Lipinski definition) is 3. The molecule has 2 heterocycles. The zero-order chi connectivity index (χ0) is 19.9. The lowest BCUT2D eigenvalue weighted by Gasteiger charge is -2.20. The predicted molar refractivity (Wildman–Crippen MR) is 113 cm³/mol. The van der Waals surface area contributed by atoms with E-state index in [4.69, 9.17) is 11.6 Å². The predicted octanol–water partition coefficient (Wildman–Crippen LogP) is 4.23. The minimum Gasteiger partial charge on any atom is -0.394 e. The van der Waals surface area contributed by atoms with E-state index in [1.807, 2.05) is 56.3 Å². The Morgan fingerprint density at radius 3 is 2.50 bits per heavy atom. The summed E-state index contributed by atoms with van der Waals surface area (Å²) in [5.41, 5.74) is 2.69. The van der Waals surface area contributed by atoms with E-state index in [9.17, 15) is 5.11 Å². The van der Waals surface area contributed by atoms with Gasteiger partial charge in [0.1, 0.15) is 5.82 Å². The zero-order valence-electron chi connectivity index (χ0n) is 15.9. The fourth-order valence-electron chi connectivity index (χ4n) is 2.69. The van der Waals surface area contributed by atoms with Gasteiger partial charge >= 0.3 is 0 Å². The summed E-state index contributed by atoms with van der Waals surface area (Å²) in [5, 5.41) is 16.9. The van der Waals surface area contributed by atoms with Gasteiger partial charge in [0.15, 0.2) is 0 Å². The third kappa shape index (κ3) is 5.18. The first-order chi connectivity index (χ1) is 13.6. The molecule has 0 unspecified atom stereocenters. The van der Waals surface area contributed by atoms with Crippen LogP contribution in [0.3, 0.4) is 0 Å². The molecule has 2 aromatic heterocycles. The molecule has 0 fully saturated rings. The van der Waals surface area contributed by atoms with Crippen LogP contribution in [0.5, 0.6) is 0 Å². The van der Waals surface area contributed by atoms with Crippen molar-refractivity contribution < 1.29 is 5.11 Å². The Balaban J connectivity index is 1.89. The molecule has 6 nitrogen and oxygen atoms in total. The molecule has 0 saturated heterocycles. The van der Waals surface area contributed by atoms with Crippen molar-refractivity contribution in [1.29, 1.82) is 0 Å². The van der Waals surface area contributed by atoms with Gasteiger partial charge in [0.05, 0.1) is 18.3 Å². The second kappa shape index (κ2) is 9.48. The summed E-state index contributed by atoms with van der Waals surface area (Å²) >= 11 is 6.25. The van der Waals surface area contributed by atoms with Crippen molar-refractivity contribution in [1.82, 2.24) is 15.0 Å². The van der Waals surface area contributed by atoms with Crippen molar-refractivity contribution in [3.05, 3.63) is 65.4 Å². The first-order valence-electron chi connectivity index (χ1n) is 9.21. The van der Waals surface area contributed by atoms with E-state index >= 15 is 0 Å². The van der Waals surface area contributed by atoms with Crippen LogP contribution < -0.4 is 10.6 Å². The van der Waals surface area contributed by atoms with Gasteiger partial charge in [0.25, 0.3) is 0 Å². The zero-order valence-corrected chi connectivity index (χ0v) is 16.7. The van der Waals surface area contributed by atoms with Gasteiger partial charge in [-0.05, 0) is 29.7 Å². The van der Waals surface area contributed by atoms with Crippen molar-refractivity contribution in [3.63, 3.8) is 0 Å². The summed E-state index contributed by atoms with van der Waals surface area (Å²) in [6, 6.07) is 13.2. The minimum absolute atomic E-state index is 0.00287. The number of anilines is 2. The van der Waals surface area contributed by atoms with Gasteiger partial charge in [-0.3, -0.25) is 4.98 Å². The molecule has 28 heavy (non-hydrogen) atoms. The SMILES string of the molecule is CC(C)[C@@H](CO)Nc1nc(NCc2ccccc2Cl)cc(-c2ccncc2)n1. The normalized spacial score (nSPS) is 12.0. The Morgan fingerprint density at radius 1 is 1.07 bits per heavy atom. The lowest BCUT2D eigenvalue weighted by atomic mass is 10.1. The van der Waals surface area contributed by atoms with Crippen LogP contribution in [0, 0.1) is 5.92 Å². The Labute approximate surface area is 170 Å². The average Bonchev–Trinajstić information content (AvgIpc) is 2.71. The first-order valence-corrected chi connectivity index (χ1v) is 9.58. The van der Waals surface area contributed by atoms with E-state index in [0.717, 1.165) is 16.8 Å². The lowest BCUT2D eigenvalue weighted by molar-refractivity contribution is 0.248. The van der Waals surface area contributed by atoms with Gasteiger partial charge in [-0.25, -0.2) is 4.98 Å². The number of pyridine rings is 1. The standard InChI is InChI=1S/C21H24ClN5O/c1-14(2)19(13-28)26-21-25-18(15-7-9-23-10-8-15)11-20(27-21)24-12-16-5-3-4-6-17(16)22/h3-11,14,19,28H,12-13H2,1-2H3,(H2,24,25,26,27)/t19-/m1/s1. The first kappa shape index (κ1) is 20.0. The van der Waals surface area contributed by atoms with Crippen LogP contribution in [0.15, 0.2) is 54.9 Å². The third-order valence-corrected chi connectivity index (χ3v) is 4.80. The van der Waals surface area contributed by atoms with Crippen LogP contribution in [0.4, 0.5) is 11.8 Å². The average molecular weight is 398 g/mol. The van der Waals surface area contributed by atoms with Gasteiger partial charge in [0.2, 0.25) is 5.95 Å². The number of aliphatic hydroxyl groups excluding tert-OH is 1. The van der Waals surface area contributed by atoms with Crippen LogP contribution in [-0.2, 0) is 6.54 Å². The summed E-state index contributed by atoms with van der Waals surface area (Å²) < 4.78 is 0. The molecule has 3 rings (SSSR count). The summed E-state index contributed by atoms with van der Waals surface area (Å²) in [7, 11) is 0. The molecule has 1 atom stereocenters. The van der Waals surface area contributed by atoms with Gasteiger partial charge in [-0.2, -0.15) is 4.98 Å². The molecule has 7 heteroatoms. The topological polar surface area (TPSA) is 83.0 Å². The van der Waals surface area contributed by atoms with Crippen LogP contribution >= 0.6 is 11.6 Å². The minimum atomic E-state index is -0.135. The maximum absolute atomic E-state index is 9.64. The monoisotopic (exact) mass is 397 g/mol. The highest BCUT2D eigenvalue weighted by atomic mass is 35.5. The number of benzene rings is 1. The van der Waals surface area contributed by atoms with E-state index in [-0.39, 0.29) is 18.6 Å². The van der Waals surface area contributed by atoms with E-state index in [2.05, 4.69) is 25.6 Å². The number of nitrogens with zero attached hydrogens (tertiary/aromatic N) is 3. The fourth-order valence-corrected chi connectivity index (χ4v) is 2.89. The number of aliphatic hydroxyl groups is 1. The molecule has 0 bridgehead atoms. The van der Waals surface area contributed by atoms with Crippen LogP contribution in [-0.4, -0.2) is 32.7 Å². The Kier molecular flexibility index (Phi) is 6.79. The summed E-state index contributed by atoms with van der Waals surface area (Å²) in [4.78, 5) is 13.3. The highest BCUT2D eigenvalue weighted by Crippen LogP contribution is 2.23. The van der Waals surface area contributed by atoms with E-state index in [1.165, 1.54) is 0 Å². The quantitative estimate of drug-likeness (QED) is 0.527. The molecule has 0 aliphatic carbocycles. The number of aromatic nitrogens is 3. The summed E-state index contributed by atoms with van der Waals surface area (Å²) in [6.07, 6.45) is 3.46. The molecular formula is C21H24ClN5O. The maximum Gasteiger partial charge on any atom is 0.225 e. The largest absolute Gasteiger partial charge is 0.394 e. The number of rotatable bonds is 8. The maximum atomic E-state index is 9.64. The molecule has 0 amide bonds. The highest BCUT2D eigenvalue weighted by Gasteiger charge is 2.15.